The van der Waals surface area contributed by atoms with Crippen LogP contribution in [0.25, 0.3) is 0 Å². The fraction of sp³-hybridized carbons (Fsp3) is 0.583. The van der Waals surface area contributed by atoms with E-state index in [2.05, 4.69) is 23.7 Å². The summed E-state index contributed by atoms with van der Waals surface area (Å²) in [5.74, 6) is 2.26. The predicted molar refractivity (Wildman–Crippen MR) is 68.6 cm³/mol. The van der Waals surface area contributed by atoms with Gasteiger partial charge < -0.3 is 9.64 Å². The van der Waals surface area contributed by atoms with Gasteiger partial charge in [-0.3, -0.25) is 0 Å². The van der Waals surface area contributed by atoms with Crippen LogP contribution in [0.3, 0.4) is 0 Å². The molecule has 0 N–H and O–H groups in total. The molecule has 0 amide bonds. The molecule has 3 nitrogen and oxygen atoms in total. The van der Waals surface area contributed by atoms with Gasteiger partial charge in [0.05, 0.1) is 7.11 Å². The molecule has 1 heterocycles. The molecule has 16 heavy (non-hydrogen) atoms. The summed E-state index contributed by atoms with van der Waals surface area (Å²) >= 11 is 5.72. The molecule has 0 aliphatic rings. The molecule has 1 rings (SSSR count). The summed E-state index contributed by atoms with van der Waals surface area (Å²) in [5, 5.41) is 0. The molecule has 0 bridgehead atoms. The van der Waals surface area contributed by atoms with E-state index >= 15 is 0 Å². The molecule has 0 saturated carbocycles. The molecule has 0 fully saturated rings. The van der Waals surface area contributed by atoms with Gasteiger partial charge in [-0.25, -0.2) is 0 Å². The number of pyridine rings is 1. The highest BCUT2D eigenvalue weighted by Crippen LogP contribution is 2.18. The topological polar surface area (TPSA) is 25.4 Å². The third-order valence-electron chi connectivity index (χ3n) is 2.37. The maximum absolute atomic E-state index is 5.72. The summed E-state index contributed by atoms with van der Waals surface area (Å²) in [6.07, 6.45) is 0.957. The second kappa shape index (κ2) is 6.59. The first-order valence-electron chi connectivity index (χ1n) is 5.52. The van der Waals surface area contributed by atoms with Crippen LogP contribution in [-0.2, 0) is 0 Å². The molecule has 1 aromatic heterocycles. The second-order valence-corrected chi connectivity index (χ2v) is 4.25. The van der Waals surface area contributed by atoms with Crippen molar-refractivity contribution in [2.45, 2.75) is 26.3 Å². The van der Waals surface area contributed by atoms with Gasteiger partial charge in [0.2, 0.25) is 5.88 Å². The summed E-state index contributed by atoms with van der Waals surface area (Å²) in [5.41, 5.74) is 0. The Bertz CT molecular complexity index is 318. The molecule has 90 valence electrons. The van der Waals surface area contributed by atoms with Crippen LogP contribution in [0.15, 0.2) is 18.2 Å². The van der Waals surface area contributed by atoms with Crippen molar-refractivity contribution in [1.82, 2.24) is 4.98 Å². The monoisotopic (exact) mass is 242 g/mol. The minimum absolute atomic E-state index is 0.405. The number of aromatic nitrogens is 1. The normalized spacial score (nSPS) is 10.6. The molecule has 0 aliphatic carbocycles. The molecule has 4 heteroatoms. The van der Waals surface area contributed by atoms with Crippen molar-refractivity contribution in [3.05, 3.63) is 18.2 Å². The Labute approximate surface area is 102 Å². The summed E-state index contributed by atoms with van der Waals surface area (Å²) in [6.45, 7) is 5.21. The lowest BCUT2D eigenvalue weighted by Gasteiger charge is -2.27. The zero-order valence-corrected chi connectivity index (χ0v) is 10.9. The van der Waals surface area contributed by atoms with Gasteiger partial charge in [-0.2, -0.15) is 4.98 Å². The number of alkyl halides is 1. The van der Waals surface area contributed by atoms with E-state index in [0.717, 1.165) is 18.8 Å². The van der Waals surface area contributed by atoms with Crippen molar-refractivity contribution in [2.75, 3.05) is 24.4 Å². The van der Waals surface area contributed by atoms with Crippen LogP contribution >= 0.6 is 11.6 Å². The molecule has 0 atom stereocenters. The van der Waals surface area contributed by atoms with E-state index in [0.29, 0.717) is 17.8 Å². The first-order valence-corrected chi connectivity index (χ1v) is 6.06. The Morgan fingerprint density at radius 3 is 2.75 bits per heavy atom. The van der Waals surface area contributed by atoms with Crippen molar-refractivity contribution in [2.24, 2.45) is 0 Å². The molecule has 1 aromatic rings. The van der Waals surface area contributed by atoms with Crippen LogP contribution < -0.4 is 9.64 Å². The fourth-order valence-corrected chi connectivity index (χ4v) is 1.66. The lowest BCUT2D eigenvalue weighted by Crippen LogP contribution is -2.32. The van der Waals surface area contributed by atoms with Crippen molar-refractivity contribution in [3.63, 3.8) is 0 Å². The van der Waals surface area contributed by atoms with Gasteiger partial charge in [-0.15, -0.1) is 11.6 Å². The number of rotatable bonds is 6. The average Bonchev–Trinajstić information content (AvgIpc) is 2.29. The number of hydrogen-bond donors (Lipinski definition) is 0. The molecule has 0 aliphatic heterocycles. The lowest BCUT2D eigenvalue weighted by atomic mass is 10.3. The number of hydrogen-bond acceptors (Lipinski definition) is 3. The molecular weight excluding hydrogens is 224 g/mol. The Hall–Kier alpha value is -0.960. The summed E-state index contributed by atoms with van der Waals surface area (Å²) in [7, 11) is 1.63. The number of anilines is 1. The molecule has 0 unspecified atom stereocenters. The number of methoxy groups -OCH3 is 1. The fourth-order valence-electron chi connectivity index (χ4n) is 1.54. The van der Waals surface area contributed by atoms with Gasteiger partial charge in [-0.05, 0) is 26.3 Å². The SMILES string of the molecule is COc1cccc(N(CCCCl)C(C)C)n1. The van der Waals surface area contributed by atoms with Gasteiger partial charge in [-0.1, -0.05) is 6.07 Å². The van der Waals surface area contributed by atoms with Gasteiger partial charge in [0.15, 0.2) is 0 Å². The maximum atomic E-state index is 5.72. The molecular formula is C12H19ClN2O. The highest BCUT2D eigenvalue weighted by Gasteiger charge is 2.11. The zero-order chi connectivity index (χ0) is 12.0. The summed E-state index contributed by atoms with van der Waals surface area (Å²) in [6, 6.07) is 6.21. The molecule has 0 spiro atoms. The smallest absolute Gasteiger partial charge is 0.214 e. The van der Waals surface area contributed by atoms with Crippen LogP contribution in [-0.4, -0.2) is 30.6 Å². The largest absolute Gasteiger partial charge is 0.481 e. The van der Waals surface area contributed by atoms with Gasteiger partial charge >= 0.3 is 0 Å². The van der Waals surface area contributed by atoms with E-state index < -0.39 is 0 Å². The highest BCUT2D eigenvalue weighted by molar-refractivity contribution is 6.17. The average molecular weight is 243 g/mol. The Morgan fingerprint density at radius 1 is 1.44 bits per heavy atom. The van der Waals surface area contributed by atoms with Crippen LogP contribution in [0.2, 0.25) is 0 Å². The maximum Gasteiger partial charge on any atom is 0.214 e. The van der Waals surface area contributed by atoms with Crippen LogP contribution in [0.5, 0.6) is 5.88 Å². The van der Waals surface area contributed by atoms with Gasteiger partial charge in [0.1, 0.15) is 5.82 Å². The third kappa shape index (κ3) is 3.56. The lowest BCUT2D eigenvalue weighted by molar-refractivity contribution is 0.397. The molecule has 0 saturated heterocycles. The van der Waals surface area contributed by atoms with E-state index in [1.165, 1.54) is 0 Å². The van der Waals surface area contributed by atoms with Crippen LogP contribution in [0.1, 0.15) is 20.3 Å². The summed E-state index contributed by atoms with van der Waals surface area (Å²) in [4.78, 5) is 6.65. The zero-order valence-electron chi connectivity index (χ0n) is 10.1. The van der Waals surface area contributed by atoms with Gasteiger partial charge in [0, 0.05) is 24.5 Å². The first-order chi connectivity index (χ1) is 7.69. The Balaban J connectivity index is 2.82. The van der Waals surface area contributed by atoms with Crippen molar-refractivity contribution in [3.8, 4) is 5.88 Å². The minimum atomic E-state index is 0.405. The minimum Gasteiger partial charge on any atom is -0.481 e. The number of ether oxygens (including phenoxy) is 1. The van der Waals surface area contributed by atoms with E-state index in [1.807, 2.05) is 18.2 Å². The van der Waals surface area contributed by atoms with Crippen molar-refractivity contribution in [1.29, 1.82) is 0 Å². The van der Waals surface area contributed by atoms with Crippen LogP contribution in [0, 0.1) is 0 Å². The second-order valence-electron chi connectivity index (χ2n) is 3.87. The number of nitrogens with zero attached hydrogens (tertiary/aromatic N) is 2. The molecule has 0 radical (unpaired) electrons. The third-order valence-corrected chi connectivity index (χ3v) is 2.64. The highest BCUT2D eigenvalue weighted by atomic mass is 35.5. The van der Waals surface area contributed by atoms with E-state index in [1.54, 1.807) is 7.11 Å². The van der Waals surface area contributed by atoms with E-state index in [4.69, 9.17) is 16.3 Å². The van der Waals surface area contributed by atoms with E-state index in [-0.39, 0.29) is 0 Å². The Morgan fingerprint density at radius 2 is 2.19 bits per heavy atom. The quantitative estimate of drug-likeness (QED) is 0.718. The standard InChI is InChI=1S/C12H19ClN2O/c1-10(2)15(9-5-8-13)11-6-4-7-12(14-11)16-3/h4,6-7,10H,5,8-9H2,1-3H3. The van der Waals surface area contributed by atoms with Crippen molar-refractivity contribution < 1.29 is 4.74 Å². The number of halogens is 1. The summed E-state index contributed by atoms with van der Waals surface area (Å²) < 4.78 is 5.13. The van der Waals surface area contributed by atoms with Gasteiger partial charge in [0.25, 0.3) is 0 Å². The predicted octanol–water partition coefficient (Wildman–Crippen LogP) is 2.93. The van der Waals surface area contributed by atoms with Crippen LogP contribution in [0.4, 0.5) is 5.82 Å². The Kier molecular flexibility index (Phi) is 5.39. The van der Waals surface area contributed by atoms with E-state index in [9.17, 15) is 0 Å². The molecule has 0 aromatic carbocycles. The first kappa shape index (κ1) is 13.1. The van der Waals surface area contributed by atoms with Crippen molar-refractivity contribution >= 4 is 17.4 Å².